The summed E-state index contributed by atoms with van der Waals surface area (Å²) in [6.45, 7) is 4.76. The van der Waals surface area contributed by atoms with Crippen LogP contribution in [-0.2, 0) is 0 Å². The molecule has 0 saturated carbocycles. The van der Waals surface area contributed by atoms with Crippen LogP contribution in [-0.4, -0.2) is 36.6 Å². The van der Waals surface area contributed by atoms with Gasteiger partial charge in [-0.1, -0.05) is 18.2 Å². The van der Waals surface area contributed by atoms with E-state index in [1.54, 1.807) is 25.6 Å². The van der Waals surface area contributed by atoms with Gasteiger partial charge in [0, 0.05) is 45.7 Å². The van der Waals surface area contributed by atoms with Gasteiger partial charge in [-0.15, -0.1) is 11.3 Å². The minimum atomic E-state index is 0.682. The predicted octanol–water partition coefficient (Wildman–Crippen LogP) is 4.83. The summed E-state index contributed by atoms with van der Waals surface area (Å²) in [5.74, 6) is 1.47. The fourth-order valence-electron chi connectivity index (χ4n) is 3.43. The molecule has 0 radical (unpaired) electrons. The van der Waals surface area contributed by atoms with Gasteiger partial charge in [-0.3, -0.25) is 4.99 Å². The summed E-state index contributed by atoms with van der Waals surface area (Å²) in [6, 6.07) is 14.0. The number of para-hydroxylation sites is 1. The molecule has 1 N–H and O–H groups in total. The molecule has 7 heteroatoms. The van der Waals surface area contributed by atoms with Crippen LogP contribution in [0.5, 0.6) is 11.5 Å². The van der Waals surface area contributed by atoms with Crippen LogP contribution < -0.4 is 14.3 Å². The topological polar surface area (TPSA) is 63.9 Å². The fourth-order valence-corrected chi connectivity index (χ4v) is 4.32. The summed E-state index contributed by atoms with van der Waals surface area (Å²) in [7, 11) is 3.30. The van der Waals surface area contributed by atoms with Crippen molar-refractivity contribution in [2.24, 2.45) is 10.1 Å². The molecular formula is C23H24N4O2S. The number of ether oxygens (including phenoxy) is 2. The van der Waals surface area contributed by atoms with E-state index in [1.165, 1.54) is 0 Å². The second kappa shape index (κ2) is 8.59. The lowest BCUT2D eigenvalue weighted by Gasteiger charge is -2.11. The van der Waals surface area contributed by atoms with Gasteiger partial charge in [0.2, 0.25) is 4.80 Å². The largest absolute Gasteiger partial charge is 0.497 e. The molecule has 154 valence electrons. The van der Waals surface area contributed by atoms with Gasteiger partial charge in [0.05, 0.1) is 26.1 Å². The van der Waals surface area contributed by atoms with Crippen LogP contribution >= 0.6 is 11.3 Å². The Morgan fingerprint density at radius 3 is 2.73 bits per heavy atom. The average Bonchev–Trinajstić information content (AvgIpc) is 3.31. The first kappa shape index (κ1) is 20.0. The number of nitrogens with one attached hydrogen (secondary N) is 1. The lowest BCUT2D eigenvalue weighted by atomic mass is 10.1. The number of thiazole rings is 1. The molecule has 4 rings (SSSR count). The lowest BCUT2D eigenvalue weighted by Crippen LogP contribution is -2.12. The Kier molecular flexibility index (Phi) is 5.72. The highest BCUT2D eigenvalue weighted by Crippen LogP contribution is 2.33. The number of nitrogens with zero attached hydrogens (tertiary/aromatic N) is 3. The highest BCUT2D eigenvalue weighted by molar-refractivity contribution is 7.07. The van der Waals surface area contributed by atoms with Gasteiger partial charge >= 0.3 is 0 Å². The summed E-state index contributed by atoms with van der Waals surface area (Å²) in [6.07, 6.45) is 1.90. The number of hydrogen-bond donors (Lipinski definition) is 1. The number of rotatable bonds is 6. The molecule has 0 spiro atoms. The third-order valence-corrected chi connectivity index (χ3v) is 5.76. The first-order chi connectivity index (χ1) is 14.7. The zero-order valence-corrected chi connectivity index (χ0v) is 18.3. The molecule has 6 nitrogen and oxygen atoms in total. The van der Waals surface area contributed by atoms with Crippen molar-refractivity contribution in [2.75, 3.05) is 20.8 Å². The third kappa shape index (κ3) is 3.64. The number of methoxy groups -OCH3 is 2. The Balaban J connectivity index is 1.86. The van der Waals surface area contributed by atoms with Crippen molar-refractivity contribution in [3.05, 3.63) is 63.9 Å². The molecule has 30 heavy (non-hydrogen) atoms. The first-order valence-corrected chi connectivity index (χ1v) is 10.6. The zero-order valence-electron chi connectivity index (χ0n) is 17.5. The van der Waals surface area contributed by atoms with E-state index >= 15 is 0 Å². The summed E-state index contributed by atoms with van der Waals surface area (Å²) < 4.78 is 12.8. The molecule has 0 aliphatic carbocycles. The first-order valence-electron chi connectivity index (χ1n) is 9.71. The highest BCUT2D eigenvalue weighted by atomic mass is 32.1. The molecule has 0 bridgehead atoms. The van der Waals surface area contributed by atoms with Crippen molar-refractivity contribution in [2.45, 2.75) is 13.8 Å². The van der Waals surface area contributed by atoms with Gasteiger partial charge in [0.1, 0.15) is 11.5 Å². The number of fused-ring (bicyclic) bond motifs is 1. The van der Waals surface area contributed by atoms with Crippen LogP contribution in [0, 0.1) is 6.92 Å². The normalized spacial score (nSPS) is 12.2. The number of aromatic amines is 1. The number of hydrogen-bond acceptors (Lipinski definition) is 5. The standard InChI is InChI=1S/C23H24N4O2S/c1-5-24-23-27(25-13-19-15(2)26-20-9-7-6-8-17(19)20)21(14-30-23)18-11-10-16(28-3)12-22(18)29-4/h6-14,26H,5H2,1-4H3. The van der Waals surface area contributed by atoms with Gasteiger partial charge in [0.15, 0.2) is 0 Å². The second-order valence-corrected chi connectivity index (χ2v) is 7.55. The summed E-state index contributed by atoms with van der Waals surface area (Å²) in [5.41, 5.74) is 5.09. The summed E-state index contributed by atoms with van der Waals surface area (Å²) >= 11 is 1.56. The number of H-pyrrole nitrogens is 1. The van der Waals surface area contributed by atoms with Crippen molar-refractivity contribution < 1.29 is 9.47 Å². The molecule has 0 fully saturated rings. The van der Waals surface area contributed by atoms with Gasteiger partial charge in [-0.05, 0) is 32.0 Å². The molecule has 0 aliphatic heterocycles. The van der Waals surface area contributed by atoms with Crippen molar-refractivity contribution >= 4 is 28.5 Å². The van der Waals surface area contributed by atoms with Crippen LogP contribution in [0.2, 0.25) is 0 Å². The van der Waals surface area contributed by atoms with Gasteiger partial charge in [-0.25, -0.2) is 4.68 Å². The van der Waals surface area contributed by atoms with E-state index in [1.807, 2.05) is 48.1 Å². The molecule has 2 heterocycles. The SMILES string of the molecule is CCN=c1scc(-c2ccc(OC)cc2OC)n1N=Cc1c(C)[nH]c2ccccc12. The monoisotopic (exact) mass is 420 g/mol. The maximum atomic E-state index is 5.62. The number of aromatic nitrogens is 2. The molecular weight excluding hydrogens is 396 g/mol. The molecule has 0 atom stereocenters. The molecule has 0 aliphatic rings. The maximum Gasteiger partial charge on any atom is 0.206 e. The van der Waals surface area contributed by atoms with Gasteiger partial charge in [0.25, 0.3) is 0 Å². The molecule has 0 unspecified atom stereocenters. The number of benzene rings is 2. The summed E-state index contributed by atoms with van der Waals surface area (Å²) in [5, 5.41) is 8.03. The lowest BCUT2D eigenvalue weighted by molar-refractivity contribution is 0.395. The quantitative estimate of drug-likeness (QED) is 0.454. The molecule has 2 aromatic carbocycles. The van der Waals surface area contributed by atoms with Crippen LogP contribution in [0.15, 0.2) is 57.9 Å². The van der Waals surface area contributed by atoms with Crippen molar-refractivity contribution in [3.63, 3.8) is 0 Å². The van der Waals surface area contributed by atoms with E-state index < -0.39 is 0 Å². The Bertz CT molecular complexity index is 1280. The molecule has 0 saturated heterocycles. The van der Waals surface area contributed by atoms with E-state index in [9.17, 15) is 0 Å². The average molecular weight is 421 g/mol. The second-order valence-electron chi connectivity index (χ2n) is 6.71. The Morgan fingerprint density at radius 2 is 1.97 bits per heavy atom. The van der Waals surface area contributed by atoms with Crippen LogP contribution in [0.1, 0.15) is 18.2 Å². The smallest absolute Gasteiger partial charge is 0.206 e. The van der Waals surface area contributed by atoms with E-state index in [-0.39, 0.29) is 0 Å². The van der Waals surface area contributed by atoms with Crippen molar-refractivity contribution in [1.82, 2.24) is 9.66 Å². The Morgan fingerprint density at radius 1 is 1.13 bits per heavy atom. The minimum absolute atomic E-state index is 0.682. The predicted molar refractivity (Wildman–Crippen MR) is 123 cm³/mol. The van der Waals surface area contributed by atoms with E-state index in [0.29, 0.717) is 6.54 Å². The van der Waals surface area contributed by atoms with Crippen molar-refractivity contribution in [3.8, 4) is 22.8 Å². The van der Waals surface area contributed by atoms with Gasteiger partial charge in [-0.2, -0.15) is 5.10 Å². The molecule has 0 amide bonds. The highest BCUT2D eigenvalue weighted by Gasteiger charge is 2.14. The Hall–Kier alpha value is -3.32. The minimum Gasteiger partial charge on any atom is -0.497 e. The van der Waals surface area contributed by atoms with E-state index in [0.717, 1.165) is 49.7 Å². The Labute approximate surface area is 179 Å². The van der Waals surface area contributed by atoms with Crippen LogP contribution in [0.4, 0.5) is 0 Å². The zero-order chi connectivity index (χ0) is 21.1. The van der Waals surface area contributed by atoms with Gasteiger partial charge < -0.3 is 14.5 Å². The fraction of sp³-hybridized carbons (Fsp3) is 0.217. The van der Waals surface area contributed by atoms with E-state index in [2.05, 4.69) is 34.4 Å². The maximum absolute atomic E-state index is 5.62. The van der Waals surface area contributed by atoms with Crippen molar-refractivity contribution in [1.29, 1.82) is 0 Å². The van der Waals surface area contributed by atoms with Crippen LogP contribution in [0.3, 0.4) is 0 Å². The third-order valence-electron chi connectivity index (χ3n) is 4.91. The molecule has 4 aromatic rings. The van der Waals surface area contributed by atoms with E-state index in [4.69, 9.17) is 14.6 Å². The number of aryl methyl sites for hydroxylation is 1. The summed E-state index contributed by atoms with van der Waals surface area (Å²) in [4.78, 5) is 8.87. The van der Waals surface area contributed by atoms with Crippen LogP contribution in [0.25, 0.3) is 22.2 Å². The molecule has 2 aromatic heterocycles.